The van der Waals surface area contributed by atoms with E-state index in [4.69, 9.17) is 23.2 Å². The van der Waals surface area contributed by atoms with Crippen molar-refractivity contribution in [3.05, 3.63) is 51.0 Å². The molecule has 1 heterocycles. The number of carboxylic acids is 1. The second-order valence-corrected chi connectivity index (χ2v) is 13.5. The fraction of sp³-hybridized carbons (Fsp3) is 0.586. The molecule has 5 rings (SSSR count). The number of rotatable bonds is 7. The average Bonchev–Trinajstić information content (AvgIpc) is 3.30. The van der Waals surface area contributed by atoms with Gasteiger partial charge >= 0.3 is 12.1 Å². The van der Waals surface area contributed by atoms with Crippen molar-refractivity contribution >= 4 is 40.9 Å². The molecule has 42 heavy (non-hydrogen) atoms. The topological polar surface area (TPSA) is 92.5 Å². The summed E-state index contributed by atoms with van der Waals surface area (Å²) in [7, 11) is 0. The van der Waals surface area contributed by atoms with Crippen molar-refractivity contribution in [1.29, 1.82) is 0 Å². The molecule has 3 fully saturated rings. The van der Waals surface area contributed by atoms with Crippen LogP contribution in [0.1, 0.15) is 91.7 Å². The summed E-state index contributed by atoms with van der Waals surface area (Å²) in [5.74, 6) is -2.96. The number of carboxylic acid groups (broad SMARTS) is 1. The summed E-state index contributed by atoms with van der Waals surface area (Å²) in [6, 6.07) is 0.567. The van der Waals surface area contributed by atoms with Gasteiger partial charge in [0.1, 0.15) is 5.82 Å². The SMILES string of the molecule is CC1(C)[C@@H]2C[C@H](N(CC(=O)c3c(Cl)cc(F)cc3Cl)C(=O)c3cnn([C@H]4CC[C@](C)(C(=O)O)CC4)c3C(F)(F)F)C[C@@H]21. The fourth-order valence-electron chi connectivity index (χ4n) is 7.07. The summed E-state index contributed by atoms with van der Waals surface area (Å²) < 4.78 is 58.2. The number of benzene rings is 1. The number of fused-ring (bicyclic) bond motifs is 1. The Kier molecular flexibility index (Phi) is 7.70. The molecule has 0 radical (unpaired) electrons. The van der Waals surface area contributed by atoms with E-state index in [1.807, 2.05) is 0 Å². The van der Waals surface area contributed by atoms with E-state index in [0.29, 0.717) is 12.8 Å². The number of carbonyl (C=O) groups excluding carboxylic acids is 2. The Bertz CT molecular complexity index is 1410. The summed E-state index contributed by atoms with van der Waals surface area (Å²) in [6.07, 6.45) is -2.42. The minimum absolute atomic E-state index is 0.0479. The molecule has 1 amide bonds. The lowest BCUT2D eigenvalue weighted by atomic mass is 9.74. The highest BCUT2D eigenvalue weighted by Gasteiger charge is 2.63. The molecule has 0 aliphatic heterocycles. The van der Waals surface area contributed by atoms with Gasteiger partial charge in [-0.15, -0.1) is 0 Å². The predicted molar refractivity (Wildman–Crippen MR) is 146 cm³/mol. The predicted octanol–water partition coefficient (Wildman–Crippen LogP) is 7.31. The normalized spacial score (nSPS) is 28.3. The van der Waals surface area contributed by atoms with Gasteiger partial charge in [0, 0.05) is 6.04 Å². The number of aliphatic carboxylic acids is 1. The Labute approximate surface area is 250 Å². The number of Topliss-reactive ketones (excluding diaryl/α,β-unsaturated/α-hetero) is 1. The maximum Gasteiger partial charge on any atom is 0.433 e. The number of carbonyl (C=O) groups is 3. The van der Waals surface area contributed by atoms with Crippen LogP contribution in [0.4, 0.5) is 17.6 Å². The Morgan fingerprint density at radius 1 is 1.07 bits per heavy atom. The number of hydrogen-bond acceptors (Lipinski definition) is 4. The minimum atomic E-state index is -4.95. The number of halogens is 6. The van der Waals surface area contributed by atoms with Crippen LogP contribution in [-0.4, -0.2) is 50.0 Å². The number of ketones is 1. The molecule has 3 atom stereocenters. The van der Waals surface area contributed by atoms with Gasteiger partial charge in [-0.2, -0.15) is 18.3 Å². The first-order valence-electron chi connectivity index (χ1n) is 13.8. The van der Waals surface area contributed by atoms with Crippen molar-refractivity contribution in [3.8, 4) is 0 Å². The molecule has 0 saturated heterocycles. The van der Waals surface area contributed by atoms with Crippen molar-refractivity contribution in [2.45, 2.75) is 77.6 Å². The maximum atomic E-state index is 14.6. The second-order valence-electron chi connectivity index (χ2n) is 12.7. The molecule has 3 saturated carbocycles. The van der Waals surface area contributed by atoms with Gasteiger partial charge in [-0.1, -0.05) is 37.0 Å². The standard InChI is InChI=1S/C29H31Cl2F4N3O4/c1-27(2)18-10-16(11-19(18)27)37(13-22(39)23-20(30)8-14(32)9-21(23)31)25(40)17-12-36-38(24(17)29(33,34)35)15-4-6-28(3,7-5-15)26(41)42/h8-9,12,15-16,18-19H,4-7,10-11,13H2,1-3H3,(H,41,42)/t15-,16-,18+,19-,28-. The van der Waals surface area contributed by atoms with E-state index < -0.39 is 65.0 Å². The van der Waals surface area contributed by atoms with Gasteiger partial charge in [-0.05, 0) is 74.8 Å². The minimum Gasteiger partial charge on any atom is -0.481 e. The molecule has 0 spiro atoms. The van der Waals surface area contributed by atoms with Crippen LogP contribution in [0.15, 0.2) is 18.3 Å². The molecule has 2 aromatic rings. The number of aromatic nitrogens is 2. The van der Waals surface area contributed by atoms with Gasteiger partial charge in [-0.25, -0.2) is 4.39 Å². The van der Waals surface area contributed by atoms with E-state index in [-0.39, 0.29) is 58.5 Å². The third kappa shape index (κ3) is 5.31. The first kappa shape index (κ1) is 30.8. The zero-order valence-electron chi connectivity index (χ0n) is 23.3. The van der Waals surface area contributed by atoms with Crippen LogP contribution in [-0.2, 0) is 11.0 Å². The lowest BCUT2D eigenvalue weighted by Gasteiger charge is -2.35. The molecule has 0 unspecified atom stereocenters. The number of amides is 1. The number of alkyl halides is 3. The highest BCUT2D eigenvalue weighted by atomic mass is 35.5. The highest BCUT2D eigenvalue weighted by Crippen LogP contribution is 2.67. The number of nitrogens with zero attached hydrogens (tertiary/aromatic N) is 3. The van der Waals surface area contributed by atoms with Crippen LogP contribution in [0.25, 0.3) is 0 Å². The first-order chi connectivity index (χ1) is 19.5. The Morgan fingerprint density at radius 2 is 1.62 bits per heavy atom. The molecule has 7 nitrogen and oxygen atoms in total. The van der Waals surface area contributed by atoms with E-state index in [0.717, 1.165) is 27.9 Å². The quantitative estimate of drug-likeness (QED) is 0.255. The Balaban J connectivity index is 1.48. The summed E-state index contributed by atoms with van der Waals surface area (Å²) in [5, 5.41) is 13.0. The van der Waals surface area contributed by atoms with Crippen LogP contribution in [0.2, 0.25) is 10.0 Å². The van der Waals surface area contributed by atoms with Crippen molar-refractivity contribution in [2.75, 3.05) is 6.54 Å². The molecular weight excluding hydrogens is 601 g/mol. The number of hydrogen-bond donors (Lipinski definition) is 1. The average molecular weight is 632 g/mol. The van der Waals surface area contributed by atoms with Crippen LogP contribution in [0.5, 0.6) is 0 Å². The Hall–Kier alpha value is -2.66. The van der Waals surface area contributed by atoms with Crippen molar-refractivity contribution in [2.24, 2.45) is 22.7 Å². The lowest BCUT2D eigenvalue weighted by Crippen LogP contribution is -2.44. The molecular formula is C29H31Cl2F4N3O4. The summed E-state index contributed by atoms with van der Waals surface area (Å²) >= 11 is 12.2. The van der Waals surface area contributed by atoms with Gasteiger partial charge in [0.25, 0.3) is 5.91 Å². The molecule has 3 aliphatic rings. The molecule has 3 aliphatic carbocycles. The Morgan fingerprint density at radius 3 is 2.12 bits per heavy atom. The molecule has 13 heteroatoms. The summed E-state index contributed by atoms with van der Waals surface area (Å²) in [4.78, 5) is 40.2. The molecule has 228 valence electrons. The van der Waals surface area contributed by atoms with E-state index in [1.165, 1.54) is 0 Å². The van der Waals surface area contributed by atoms with Gasteiger partial charge in [0.2, 0.25) is 0 Å². The molecule has 0 bridgehead atoms. The van der Waals surface area contributed by atoms with Crippen LogP contribution in [0, 0.1) is 28.5 Å². The zero-order chi connectivity index (χ0) is 30.9. The monoisotopic (exact) mass is 631 g/mol. The second kappa shape index (κ2) is 10.5. The molecule has 1 N–H and O–H groups in total. The third-order valence-corrected chi connectivity index (χ3v) is 10.5. The van der Waals surface area contributed by atoms with Crippen LogP contribution >= 0.6 is 23.2 Å². The van der Waals surface area contributed by atoms with E-state index >= 15 is 0 Å². The maximum absolute atomic E-state index is 14.6. The van der Waals surface area contributed by atoms with E-state index in [1.54, 1.807) is 6.92 Å². The highest BCUT2D eigenvalue weighted by molar-refractivity contribution is 6.40. The van der Waals surface area contributed by atoms with Crippen molar-refractivity contribution in [3.63, 3.8) is 0 Å². The van der Waals surface area contributed by atoms with Crippen LogP contribution in [0.3, 0.4) is 0 Å². The lowest BCUT2D eigenvalue weighted by molar-refractivity contribution is -0.152. The fourth-order valence-corrected chi connectivity index (χ4v) is 7.74. The third-order valence-electron chi connectivity index (χ3n) is 9.86. The molecule has 1 aromatic heterocycles. The van der Waals surface area contributed by atoms with Gasteiger partial charge in [0.05, 0.1) is 45.4 Å². The largest absolute Gasteiger partial charge is 0.481 e. The van der Waals surface area contributed by atoms with Gasteiger partial charge in [-0.3, -0.25) is 19.1 Å². The van der Waals surface area contributed by atoms with Crippen LogP contribution < -0.4 is 0 Å². The van der Waals surface area contributed by atoms with Crippen molar-refractivity contribution < 1.29 is 37.1 Å². The zero-order valence-corrected chi connectivity index (χ0v) is 24.8. The van der Waals surface area contributed by atoms with E-state index in [2.05, 4.69) is 18.9 Å². The summed E-state index contributed by atoms with van der Waals surface area (Å²) in [6.45, 7) is 5.16. The van der Waals surface area contributed by atoms with Gasteiger partial charge in [0.15, 0.2) is 11.5 Å². The smallest absolute Gasteiger partial charge is 0.433 e. The van der Waals surface area contributed by atoms with E-state index in [9.17, 15) is 37.1 Å². The molecule has 1 aromatic carbocycles. The van der Waals surface area contributed by atoms with Gasteiger partial charge < -0.3 is 10.0 Å². The summed E-state index contributed by atoms with van der Waals surface area (Å²) in [5.41, 5.74) is -3.12. The van der Waals surface area contributed by atoms with Crippen molar-refractivity contribution in [1.82, 2.24) is 14.7 Å². The first-order valence-corrected chi connectivity index (χ1v) is 14.6.